The molecule has 96 valence electrons. The number of carbonyl (C=O) groups excluding carboxylic acids is 1. The van der Waals surface area contributed by atoms with Crippen molar-refractivity contribution < 1.29 is 18.0 Å². The highest BCUT2D eigenvalue weighted by molar-refractivity contribution is 5.85. The van der Waals surface area contributed by atoms with E-state index >= 15 is 0 Å². The van der Waals surface area contributed by atoms with Gasteiger partial charge < -0.3 is 5.73 Å². The van der Waals surface area contributed by atoms with Crippen LogP contribution < -0.4 is 5.73 Å². The minimum Gasteiger partial charge on any atom is -0.369 e. The van der Waals surface area contributed by atoms with E-state index in [1.54, 1.807) is 0 Å². The van der Waals surface area contributed by atoms with Crippen molar-refractivity contribution in [2.45, 2.75) is 25.4 Å². The molecule has 0 aliphatic heterocycles. The van der Waals surface area contributed by atoms with Gasteiger partial charge in [-0.3, -0.25) is 4.79 Å². The zero-order valence-electron chi connectivity index (χ0n) is 9.80. The topological polar surface area (TPSA) is 66.9 Å². The Morgan fingerprint density at radius 2 is 1.89 bits per heavy atom. The summed E-state index contributed by atoms with van der Waals surface area (Å²) in [6, 6.07) is 4.62. The van der Waals surface area contributed by atoms with Crippen LogP contribution in [-0.2, 0) is 16.4 Å². The van der Waals surface area contributed by atoms with Crippen molar-refractivity contribution in [3.8, 4) is 6.07 Å². The summed E-state index contributed by atoms with van der Waals surface area (Å²) in [7, 11) is 0. The van der Waals surface area contributed by atoms with Crippen LogP contribution in [0.5, 0.6) is 0 Å². The van der Waals surface area contributed by atoms with Crippen molar-refractivity contribution in [1.82, 2.24) is 0 Å². The number of benzene rings is 1. The minimum atomic E-state index is -4.64. The minimum absolute atomic E-state index is 0.126. The molecule has 6 heteroatoms. The Kier molecular flexibility index (Phi) is 3.38. The molecule has 0 bridgehead atoms. The number of amides is 1. The van der Waals surface area contributed by atoms with Gasteiger partial charge in [0, 0.05) is 0 Å². The summed E-state index contributed by atoms with van der Waals surface area (Å²) in [4.78, 5) is 11.2. The number of halogens is 3. The Morgan fingerprint density at radius 3 is 2.28 bits per heavy atom. The maximum Gasteiger partial charge on any atom is 0.417 e. The zero-order valence-corrected chi connectivity index (χ0v) is 9.80. The molecule has 0 atom stereocenters. The molecule has 0 saturated heterocycles. The molecule has 0 spiro atoms. The van der Waals surface area contributed by atoms with Crippen LogP contribution in [0, 0.1) is 11.3 Å². The third-order valence-corrected chi connectivity index (χ3v) is 2.78. The van der Waals surface area contributed by atoms with Gasteiger partial charge in [0.25, 0.3) is 0 Å². The molecule has 18 heavy (non-hydrogen) atoms. The molecular formula is C12H11F3N2O. The Hall–Kier alpha value is -2.03. The van der Waals surface area contributed by atoms with E-state index in [2.05, 4.69) is 0 Å². The van der Waals surface area contributed by atoms with Crippen LogP contribution in [0.3, 0.4) is 0 Å². The molecule has 2 N–H and O–H groups in total. The summed E-state index contributed by atoms with van der Waals surface area (Å²) >= 11 is 0. The van der Waals surface area contributed by atoms with Crippen molar-refractivity contribution in [3.63, 3.8) is 0 Å². The second-order valence-electron chi connectivity index (χ2n) is 4.36. The normalized spacial score (nSPS) is 12.0. The number of hydrogen-bond donors (Lipinski definition) is 1. The first kappa shape index (κ1) is 14.0. The van der Waals surface area contributed by atoms with E-state index in [1.807, 2.05) is 0 Å². The van der Waals surface area contributed by atoms with Crippen LogP contribution in [0.4, 0.5) is 13.2 Å². The number of nitriles is 1. The highest BCUT2D eigenvalue weighted by Crippen LogP contribution is 2.35. The highest BCUT2D eigenvalue weighted by Gasteiger charge is 2.36. The maximum absolute atomic E-state index is 12.7. The summed E-state index contributed by atoms with van der Waals surface area (Å²) in [5, 5.41) is 8.64. The zero-order chi connectivity index (χ0) is 14.1. The Bertz CT molecular complexity index is 527. The standard InChI is InChI=1S/C12H11F3N2O/c1-11(2,10(17)18)8-4-3-7(6-16)9(5-8)12(13,14)15/h3-5H,1-2H3,(H2,17,18). The summed E-state index contributed by atoms with van der Waals surface area (Å²) in [5.74, 6) is -0.736. The van der Waals surface area contributed by atoms with E-state index in [4.69, 9.17) is 11.0 Å². The summed E-state index contributed by atoms with van der Waals surface area (Å²) < 4.78 is 38.2. The van der Waals surface area contributed by atoms with Crippen molar-refractivity contribution in [2.24, 2.45) is 5.73 Å². The lowest BCUT2D eigenvalue weighted by molar-refractivity contribution is -0.138. The molecule has 1 aromatic rings. The molecule has 0 aliphatic rings. The predicted molar refractivity (Wildman–Crippen MR) is 58.4 cm³/mol. The molecule has 0 radical (unpaired) electrons. The molecule has 3 nitrogen and oxygen atoms in total. The lowest BCUT2D eigenvalue weighted by Gasteiger charge is -2.22. The fourth-order valence-corrected chi connectivity index (χ4v) is 1.41. The second kappa shape index (κ2) is 4.33. The van der Waals surface area contributed by atoms with Crippen molar-refractivity contribution in [3.05, 3.63) is 34.9 Å². The second-order valence-corrected chi connectivity index (χ2v) is 4.36. The molecule has 0 fully saturated rings. The Labute approximate surface area is 102 Å². The van der Waals surface area contributed by atoms with Crippen LogP contribution in [0.25, 0.3) is 0 Å². The fourth-order valence-electron chi connectivity index (χ4n) is 1.41. The molecule has 1 amide bonds. The smallest absolute Gasteiger partial charge is 0.369 e. The molecule has 0 unspecified atom stereocenters. The van der Waals surface area contributed by atoms with Crippen LogP contribution in [-0.4, -0.2) is 5.91 Å². The largest absolute Gasteiger partial charge is 0.417 e. The molecule has 1 aromatic carbocycles. The number of nitrogens with zero attached hydrogens (tertiary/aromatic N) is 1. The van der Waals surface area contributed by atoms with Gasteiger partial charge in [0.05, 0.1) is 22.6 Å². The SMILES string of the molecule is CC(C)(C(N)=O)c1ccc(C#N)c(C(F)(F)F)c1. The van der Waals surface area contributed by atoms with E-state index in [0.29, 0.717) is 0 Å². The quantitative estimate of drug-likeness (QED) is 0.882. The number of carbonyl (C=O) groups is 1. The average molecular weight is 256 g/mol. The molecule has 0 aliphatic carbocycles. The van der Waals surface area contributed by atoms with Gasteiger partial charge in [0.15, 0.2) is 0 Å². The van der Waals surface area contributed by atoms with Crippen molar-refractivity contribution in [2.75, 3.05) is 0 Å². The fraction of sp³-hybridized carbons (Fsp3) is 0.333. The summed E-state index contributed by atoms with van der Waals surface area (Å²) in [5.41, 5.74) is 2.51. The lowest BCUT2D eigenvalue weighted by atomic mass is 9.82. The molecular weight excluding hydrogens is 245 g/mol. The van der Waals surface area contributed by atoms with Gasteiger partial charge in [0.2, 0.25) is 5.91 Å². The monoisotopic (exact) mass is 256 g/mol. The average Bonchev–Trinajstić information content (AvgIpc) is 2.26. The van der Waals surface area contributed by atoms with Crippen LogP contribution in [0.15, 0.2) is 18.2 Å². The first-order valence-electron chi connectivity index (χ1n) is 5.02. The Morgan fingerprint density at radius 1 is 1.33 bits per heavy atom. The van der Waals surface area contributed by atoms with Crippen LogP contribution in [0.2, 0.25) is 0 Å². The van der Waals surface area contributed by atoms with Crippen molar-refractivity contribution >= 4 is 5.91 Å². The molecule has 1 rings (SSSR count). The molecule has 0 saturated carbocycles. The number of hydrogen-bond acceptors (Lipinski definition) is 2. The number of primary amides is 1. The lowest BCUT2D eigenvalue weighted by Crippen LogP contribution is -2.35. The van der Waals surface area contributed by atoms with Gasteiger partial charge in [-0.2, -0.15) is 18.4 Å². The van der Waals surface area contributed by atoms with E-state index in [1.165, 1.54) is 26.0 Å². The van der Waals surface area contributed by atoms with Gasteiger partial charge in [-0.25, -0.2) is 0 Å². The number of rotatable bonds is 2. The van der Waals surface area contributed by atoms with Gasteiger partial charge in [-0.1, -0.05) is 6.07 Å². The third kappa shape index (κ3) is 2.45. The van der Waals surface area contributed by atoms with Crippen molar-refractivity contribution in [1.29, 1.82) is 5.26 Å². The van der Waals surface area contributed by atoms with E-state index in [9.17, 15) is 18.0 Å². The number of alkyl halides is 3. The van der Waals surface area contributed by atoms with E-state index in [-0.39, 0.29) is 5.56 Å². The molecule has 0 heterocycles. The Balaban J connectivity index is 3.47. The van der Waals surface area contributed by atoms with Crippen LogP contribution >= 0.6 is 0 Å². The van der Waals surface area contributed by atoms with Gasteiger partial charge >= 0.3 is 6.18 Å². The first-order valence-corrected chi connectivity index (χ1v) is 5.02. The third-order valence-electron chi connectivity index (χ3n) is 2.78. The van der Waals surface area contributed by atoms with Gasteiger partial charge in [-0.05, 0) is 31.5 Å². The highest BCUT2D eigenvalue weighted by atomic mass is 19.4. The maximum atomic E-state index is 12.7. The van der Waals surface area contributed by atoms with E-state index < -0.39 is 28.6 Å². The predicted octanol–water partition coefficient (Wildman–Crippen LogP) is 2.34. The van der Waals surface area contributed by atoms with Gasteiger partial charge in [0.1, 0.15) is 0 Å². The molecule has 0 aromatic heterocycles. The summed E-state index contributed by atoms with van der Waals surface area (Å²) in [6.07, 6.45) is -4.64. The number of nitrogens with two attached hydrogens (primary N) is 1. The van der Waals surface area contributed by atoms with E-state index in [0.717, 1.165) is 12.1 Å². The first-order chi connectivity index (χ1) is 8.10. The summed E-state index contributed by atoms with van der Waals surface area (Å²) in [6.45, 7) is 2.85. The van der Waals surface area contributed by atoms with Crippen LogP contribution in [0.1, 0.15) is 30.5 Å². The van der Waals surface area contributed by atoms with Gasteiger partial charge in [-0.15, -0.1) is 0 Å².